The maximum absolute atomic E-state index is 11.4. The minimum Gasteiger partial charge on any atom is -0.493 e. The Kier molecular flexibility index (Phi) is 4.58. The minimum atomic E-state index is -1.05. The van der Waals surface area contributed by atoms with Gasteiger partial charge >= 0.3 is 5.97 Å². The molecule has 1 aromatic heterocycles. The standard InChI is InChI=1S/C17H14ClN3O4/c1-24-13-7-10-12(8-14(13)25-2)20-17(18)21-15(10)19-11-6-4-3-5-9(11)16(22)23/h3-8H,1-2H3,(H,22,23)(H,19,20,21). The largest absolute Gasteiger partial charge is 0.493 e. The number of ether oxygens (including phenoxy) is 2. The highest BCUT2D eigenvalue weighted by atomic mass is 35.5. The first-order valence-electron chi connectivity index (χ1n) is 7.22. The van der Waals surface area contributed by atoms with E-state index in [1.165, 1.54) is 20.3 Å². The second-order valence-corrected chi connectivity index (χ2v) is 5.38. The van der Waals surface area contributed by atoms with Crippen LogP contribution in [0.15, 0.2) is 36.4 Å². The number of benzene rings is 2. The van der Waals surface area contributed by atoms with E-state index in [2.05, 4.69) is 15.3 Å². The molecule has 0 spiro atoms. The maximum atomic E-state index is 11.4. The van der Waals surface area contributed by atoms with Crippen LogP contribution in [-0.4, -0.2) is 35.3 Å². The molecule has 0 unspecified atom stereocenters. The summed E-state index contributed by atoms with van der Waals surface area (Å²) in [5, 5.41) is 13.0. The van der Waals surface area contributed by atoms with Crippen LogP contribution in [0.4, 0.5) is 11.5 Å². The Hall–Kier alpha value is -3.06. The average Bonchev–Trinajstić information content (AvgIpc) is 2.60. The molecule has 3 rings (SSSR count). The van der Waals surface area contributed by atoms with Crippen LogP contribution in [0, 0.1) is 0 Å². The summed E-state index contributed by atoms with van der Waals surface area (Å²) in [6.07, 6.45) is 0. The zero-order chi connectivity index (χ0) is 18.0. The normalized spacial score (nSPS) is 10.5. The fourth-order valence-corrected chi connectivity index (χ4v) is 2.60. The molecule has 8 heteroatoms. The van der Waals surface area contributed by atoms with Crippen LogP contribution in [0.5, 0.6) is 11.5 Å². The van der Waals surface area contributed by atoms with Crippen molar-refractivity contribution in [3.8, 4) is 11.5 Å². The summed E-state index contributed by atoms with van der Waals surface area (Å²) in [4.78, 5) is 19.8. The summed E-state index contributed by atoms with van der Waals surface area (Å²) in [5.74, 6) is 0.314. The lowest BCUT2D eigenvalue weighted by molar-refractivity contribution is 0.0698. The minimum absolute atomic E-state index is 0.0232. The van der Waals surface area contributed by atoms with Crippen molar-refractivity contribution in [1.82, 2.24) is 9.97 Å². The quantitative estimate of drug-likeness (QED) is 0.670. The molecule has 0 atom stereocenters. The molecule has 0 saturated carbocycles. The van der Waals surface area contributed by atoms with E-state index >= 15 is 0 Å². The number of carboxylic acid groups (broad SMARTS) is 1. The molecule has 2 N–H and O–H groups in total. The van der Waals surface area contributed by atoms with Crippen molar-refractivity contribution in [2.75, 3.05) is 19.5 Å². The summed E-state index contributed by atoms with van der Waals surface area (Å²) in [6.45, 7) is 0. The average molecular weight is 360 g/mol. The van der Waals surface area contributed by atoms with Gasteiger partial charge in [-0.25, -0.2) is 9.78 Å². The highest BCUT2D eigenvalue weighted by Gasteiger charge is 2.15. The molecular weight excluding hydrogens is 346 g/mol. The Morgan fingerprint density at radius 2 is 1.80 bits per heavy atom. The van der Waals surface area contributed by atoms with E-state index < -0.39 is 5.97 Å². The SMILES string of the molecule is COc1cc2nc(Cl)nc(Nc3ccccc3C(=O)O)c2cc1OC. The topological polar surface area (TPSA) is 93.6 Å². The van der Waals surface area contributed by atoms with E-state index in [1.807, 2.05) is 0 Å². The summed E-state index contributed by atoms with van der Waals surface area (Å²) >= 11 is 6.01. The van der Waals surface area contributed by atoms with Crippen LogP contribution in [0.3, 0.4) is 0 Å². The van der Waals surface area contributed by atoms with Crippen LogP contribution in [0.1, 0.15) is 10.4 Å². The molecule has 2 aromatic carbocycles. The van der Waals surface area contributed by atoms with Gasteiger partial charge in [0.05, 0.1) is 31.0 Å². The zero-order valence-corrected chi connectivity index (χ0v) is 14.2. The van der Waals surface area contributed by atoms with Crippen molar-refractivity contribution < 1.29 is 19.4 Å². The van der Waals surface area contributed by atoms with Gasteiger partial charge in [-0.3, -0.25) is 0 Å². The molecule has 0 aliphatic rings. The summed E-state index contributed by atoms with van der Waals surface area (Å²) in [5.41, 5.74) is 1.04. The van der Waals surface area contributed by atoms with Crippen molar-refractivity contribution in [3.63, 3.8) is 0 Å². The maximum Gasteiger partial charge on any atom is 0.337 e. The van der Waals surface area contributed by atoms with Crippen LogP contribution in [0.2, 0.25) is 5.28 Å². The van der Waals surface area contributed by atoms with Crippen molar-refractivity contribution in [2.45, 2.75) is 0 Å². The van der Waals surface area contributed by atoms with E-state index in [1.54, 1.807) is 30.3 Å². The number of nitrogens with zero attached hydrogens (tertiary/aromatic N) is 2. The lowest BCUT2D eigenvalue weighted by atomic mass is 10.1. The number of rotatable bonds is 5. The third kappa shape index (κ3) is 3.27. The van der Waals surface area contributed by atoms with Crippen molar-refractivity contribution >= 4 is 40.0 Å². The first kappa shape index (κ1) is 16.8. The number of aromatic carboxylic acids is 1. The van der Waals surface area contributed by atoms with Crippen LogP contribution >= 0.6 is 11.6 Å². The second-order valence-electron chi connectivity index (χ2n) is 5.04. The molecule has 0 aliphatic carbocycles. The molecule has 1 heterocycles. The molecule has 0 fully saturated rings. The number of fused-ring (bicyclic) bond motifs is 1. The van der Waals surface area contributed by atoms with Crippen LogP contribution in [-0.2, 0) is 0 Å². The summed E-state index contributed by atoms with van der Waals surface area (Å²) in [6, 6.07) is 9.90. The van der Waals surface area contributed by atoms with Gasteiger partial charge in [0.25, 0.3) is 0 Å². The number of aromatic nitrogens is 2. The third-order valence-electron chi connectivity index (χ3n) is 3.58. The van der Waals surface area contributed by atoms with Crippen molar-refractivity contribution in [3.05, 3.63) is 47.2 Å². The number of carboxylic acids is 1. The molecule has 0 aliphatic heterocycles. The molecule has 0 radical (unpaired) electrons. The van der Waals surface area contributed by atoms with Crippen LogP contribution < -0.4 is 14.8 Å². The molecule has 7 nitrogen and oxygen atoms in total. The smallest absolute Gasteiger partial charge is 0.337 e. The Morgan fingerprint density at radius 1 is 1.12 bits per heavy atom. The van der Waals surface area contributed by atoms with Crippen LogP contribution in [0.25, 0.3) is 10.9 Å². The highest BCUT2D eigenvalue weighted by Crippen LogP contribution is 2.35. The first-order chi connectivity index (χ1) is 12.0. The van der Waals surface area contributed by atoms with Crippen molar-refractivity contribution in [2.24, 2.45) is 0 Å². The fraction of sp³-hybridized carbons (Fsp3) is 0.118. The van der Waals surface area contributed by atoms with Gasteiger partial charge in [0.15, 0.2) is 11.5 Å². The summed E-state index contributed by atoms with van der Waals surface area (Å²) < 4.78 is 10.6. The number of methoxy groups -OCH3 is 2. The van der Waals surface area contributed by atoms with E-state index in [4.69, 9.17) is 21.1 Å². The lowest BCUT2D eigenvalue weighted by Gasteiger charge is -2.13. The van der Waals surface area contributed by atoms with Gasteiger partial charge in [0.2, 0.25) is 5.28 Å². The Bertz CT molecular complexity index is 962. The molecule has 0 bridgehead atoms. The molecule has 25 heavy (non-hydrogen) atoms. The number of nitrogens with one attached hydrogen (secondary N) is 1. The molecule has 0 amide bonds. The number of carbonyl (C=O) groups is 1. The zero-order valence-electron chi connectivity index (χ0n) is 13.4. The Labute approximate surface area is 148 Å². The predicted molar refractivity (Wildman–Crippen MR) is 94.3 cm³/mol. The van der Waals surface area contributed by atoms with Gasteiger partial charge in [0.1, 0.15) is 5.82 Å². The van der Waals surface area contributed by atoms with Gasteiger partial charge in [0, 0.05) is 11.5 Å². The van der Waals surface area contributed by atoms with E-state index in [-0.39, 0.29) is 10.8 Å². The number of halogens is 1. The first-order valence-corrected chi connectivity index (χ1v) is 7.60. The van der Waals surface area contributed by atoms with Gasteiger partial charge in [-0.1, -0.05) is 12.1 Å². The Balaban J connectivity index is 2.18. The molecular formula is C17H14ClN3O4. The number of para-hydroxylation sites is 1. The predicted octanol–water partition coefficient (Wildman–Crippen LogP) is 3.74. The van der Waals surface area contributed by atoms with Gasteiger partial charge < -0.3 is 19.9 Å². The van der Waals surface area contributed by atoms with Gasteiger partial charge in [-0.2, -0.15) is 4.98 Å². The monoisotopic (exact) mass is 359 g/mol. The van der Waals surface area contributed by atoms with Gasteiger partial charge in [-0.15, -0.1) is 0 Å². The number of hydrogen-bond acceptors (Lipinski definition) is 6. The van der Waals surface area contributed by atoms with Gasteiger partial charge in [-0.05, 0) is 29.8 Å². The van der Waals surface area contributed by atoms with E-state index in [0.29, 0.717) is 33.9 Å². The Morgan fingerprint density at radius 3 is 2.48 bits per heavy atom. The molecule has 3 aromatic rings. The molecule has 128 valence electrons. The number of hydrogen-bond donors (Lipinski definition) is 2. The van der Waals surface area contributed by atoms with E-state index in [0.717, 1.165) is 0 Å². The van der Waals surface area contributed by atoms with Crippen molar-refractivity contribution in [1.29, 1.82) is 0 Å². The third-order valence-corrected chi connectivity index (χ3v) is 3.75. The molecule has 0 saturated heterocycles. The number of anilines is 2. The highest BCUT2D eigenvalue weighted by molar-refractivity contribution is 6.29. The van der Waals surface area contributed by atoms with E-state index in [9.17, 15) is 9.90 Å². The lowest BCUT2D eigenvalue weighted by Crippen LogP contribution is -2.04. The summed E-state index contributed by atoms with van der Waals surface area (Å²) in [7, 11) is 3.04. The second kappa shape index (κ2) is 6.82. The fourth-order valence-electron chi connectivity index (χ4n) is 2.43.